The molecule has 0 saturated carbocycles. The van der Waals surface area contributed by atoms with E-state index in [9.17, 15) is 15.0 Å². The second-order valence-corrected chi connectivity index (χ2v) is 6.98. The van der Waals surface area contributed by atoms with E-state index in [2.05, 4.69) is 10.3 Å². The van der Waals surface area contributed by atoms with Crippen molar-refractivity contribution in [2.45, 2.75) is 31.5 Å². The molecule has 0 unspecified atom stereocenters. The Balaban J connectivity index is 1.44. The van der Waals surface area contributed by atoms with E-state index in [4.69, 9.17) is 4.74 Å². The van der Waals surface area contributed by atoms with Crippen molar-refractivity contribution < 1.29 is 19.7 Å². The van der Waals surface area contributed by atoms with Crippen molar-refractivity contribution >= 4 is 11.7 Å². The molecule has 2 heterocycles. The number of hydrogen-bond acceptors (Lipinski definition) is 6. The fourth-order valence-electron chi connectivity index (χ4n) is 3.22. The summed E-state index contributed by atoms with van der Waals surface area (Å²) < 4.78 is 5.14. The van der Waals surface area contributed by atoms with Gasteiger partial charge in [0, 0.05) is 25.8 Å². The number of methoxy groups -OCH3 is 1. The fraction of sp³-hybridized carbons (Fsp3) is 0.429. The Morgan fingerprint density at radius 3 is 2.64 bits per heavy atom. The molecule has 7 heteroatoms. The first-order valence-electron chi connectivity index (χ1n) is 9.55. The van der Waals surface area contributed by atoms with E-state index in [1.165, 1.54) is 5.56 Å². The third-order valence-corrected chi connectivity index (χ3v) is 4.97. The molecule has 7 nitrogen and oxygen atoms in total. The smallest absolute Gasteiger partial charge is 0.252 e. The van der Waals surface area contributed by atoms with Crippen LogP contribution >= 0.6 is 0 Å². The minimum atomic E-state index is -0.774. The fourth-order valence-corrected chi connectivity index (χ4v) is 3.22. The molecular formula is C21H27N3O4. The highest BCUT2D eigenvalue weighted by atomic mass is 16.5. The molecule has 0 radical (unpaired) electrons. The van der Waals surface area contributed by atoms with Crippen LogP contribution in [0.4, 0.5) is 5.82 Å². The average Bonchev–Trinajstić information content (AvgIpc) is 2.73. The number of carbonyl (C=O) groups is 1. The molecule has 1 aromatic heterocycles. The normalized spacial score (nSPS) is 19.3. The van der Waals surface area contributed by atoms with Crippen LogP contribution < -0.4 is 15.0 Å². The minimum absolute atomic E-state index is 0.150. The summed E-state index contributed by atoms with van der Waals surface area (Å²) in [5.74, 6) is 1.38. The Bertz CT molecular complexity index is 764. The van der Waals surface area contributed by atoms with E-state index in [0.717, 1.165) is 18.6 Å². The van der Waals surface area contributed by atoms with Gasteiger partial charge in [0.15, 0.2) is 0 Å². The lowest BCUT2D eigenvalue weighted by Gasteiger charge is -2.34. The van der Waals surface area contributed by atoms with E-state index >= 15 is 0 Å². The summed E-state index contributed by atoms with van der Waals surface area (Å²) in [5.41, 5.74) is 1.71. The number of piperidine rings is 1. The van der Waals surface area contributed by atoms with Crippen LogP contribution in [0.3, 0.4) is 0 Å². The van der Waals surface area contributed by atoms with Gasteiger partial charge in [0.1, 0.15) is 11.6 Å². The molecule has 1 aliphatic heterocycles. The topological polar surface area (TPSA) is 94.9 Å². The third-order valence-electron chi connectivity index (χ3n) is 4.97. The molecule has 1 aromatic carbocycles. The summed E-state index contributed by atoms with van der Waals surface area (Å²) >= 11 is 0. The zero-order chi connectivity index (χ0) is 19.9. The van der Waals surface area contributed by atoms with Crippen molar-refractivity contribution in [3.8, 4) is 5.75 Å². The maximum atomic E-state index is 12.3. The monoisotopic (exact) mass is 385 g/mol. The van der Waals surface area contributed by atoms with E-state index in [0.29, 0.717) is 37.4 Å². The van der Waals surface area contributed by atoms with Gasteiger partial charge >= 0.3 is 0 Å². The summed E-state index contributed by atoms with van der Waals surface area (Å²) in [7, 11) is 1.65. The summed E-state index contributed by atoms with van der Waals surface area (Å²) in [6.45, 7) is 1.55. The zero-order valence-electron chi connectivity index (χ0n) is 16.0. The highest BCUT2D eigenvalue weighted by Gasteiger charge is 2.26. The van der Waals surface area contributed by atoms with E-state index < -0.39 is 12.2 Å². The molecule has 0 spiro atoms. The van der Waals surface area contributed by atoms with Crippen LogP contribution in [-0.4, -0.2) is 60.1 Å². The van der Waals surface area contributed by atoms with E-state index in [-0.39, 0.29) is 5.91 Å². The molecule has 1 aliphatic rings. The predicted octanol–water partition coefficient (Wildman–Crippen LogP) is 1.38. The summed E-state index contributed by atoms with van der Waals surface area (Å²) in [5, 5.41) is 22.3. The van der Waals surface area contributed by atoms with Crippen molar-refractivity contribution in [2.24, 2.45) is 0 Å². The molecular weight excluding hydrogens is 358 g/mol. The quantitative estimate of drug-likeness (QED) is 0.624. The van der Waals surface area contributed by atoms with E-state index in [1.54, 1.807) is 25.4 Å². The number of β-amino-alcohol motifs (C(OH)–C–C–N with tert-alkyl or cyclic N) is 1. The molecule has 1 fully saturated rings. The standard InChI is InChI=1S/C21H27N3O4/c1-28-17-7-4-15(5-8-17)3-2-11-22-21(27)16-6-9-20(23-13-16)24-12-10-18(25)19(26)14-24/h4-9,13,18-19,25-26H,2-3,10-12,14H2,1H3,(H,22,27)/t18-,19-/m0/s1. The number of amides is 1. The second-order valence-electron chi connectivity index (χ2n) is 6.98. The molecule has 150 valence electrons. The molecule has 1 amide bonds. The van der Waals surface area contributed by atoms with E-state index in [1.807, 2.05) is 29.2 Å². The largest absolute Gasteiger partial charge is 0.497 e. The molecule has 1 saturated heterocycles. The van der Waals surface area contributed by atoms with Gasteiger partial charge in [0.2, 0.25) is 0 Å². The number of rotatable bonds is 7. The van der Waals surface area contributed by atoms with Crippen LogP contribution in [0.2, 0.25) is 0 Å². The second kappa shape index (κ2) is 9.52. The number of benzene rings is 1. The van der Waals surface area contributed by atoms with Crippen LogP contribution in [0, 0.1) is 0 Å². The zero-order valence-corrected chi connectivity index (χ0v) is 16.0. The van der Waals surface area contributed by atoms with Crippen LogP contribution in [-0.2, 0) is 6.42 Å². The molecule has 0 aliphatic carbocycles. The molecule has 2 aromatic rings. The Hall–Kier alpha value is -2.64. The number of aliphatic hydroxyl groups excluding tert-OH is 2. The van der Waals surface area contributed by atoms with Crippen molar-refractivity contribution in [1.82, 2.24) is 10.3 Å². The Morgan fingerprint density at radius 2 is 2.00 bits per heavy atom. The summed E-state index contributed by atoms with van der Waals surface area (Å²) in [6.07, 6.45) is 2.32. The average molecular weight is 385 g/mol. The van der Waals surface area contributed by atoms with Crippen LogP contribution in [0.5, 0.6) is 5.75 Å². The number of pyridine rings is 1. The van der Waals surface area contributed by atoms with Gasteiger partial charge in [-0.3, -0.25) is 4.79 Å². The van der Waals surface area contributed by atoms with Crippen molar-refractivity contribution in [3.05, 3.63) is 53.7 Å². The maximum absolute atomic E-state index is 12.3. The third kappa shape index (κ3) is 5.21. The van der Waals surface area contributed by atoms with Gasteiger partial charge < -0.3 is 25.2 Å². The van der Waals surface area contributed by atoms with Gasteiger partial charge in [-0.25, -0.2) is 4.98 Å². The lowest BCUT2D eigenvalue weighted by atomic mass is 10.1. The number of anilines is 1. The number of ether oxygens (including phenoxy) is 1. The van der Waals surface area contributed by atoms with Crippen molar-refractivity contribution in [2.75, 3.05) is 31.6 Å². The highest BCUT2D eigenvalue weighted by Crippen LogP contribution is 2.18. The van der Waals surface area contributed by atoms with Gasteiger partial charge in [-0.15, -0.1) is 0 Å². The first-order chi connectivity index (χ1) is 13.6. The van der Waals surface area contributed by atoms with Crippen molar-refractivity contribution in [3.63, 3.8) is 0 Å². The number of hydrogen-bond donors (Lipinski definition) is 3. The van der Waals surface area contributed by atoms with Gasteiger partial charge in [-0.1, -0.05) is 12.1 Å². The summed E-state index contributed by atoms with van der Waals surface area (Å²) in [4.78, 5) is 18.5. The van der Waals surface area contributed by atoms with Crippen LogP contribution in [0.25, 0.3) is 0 Å². The van der Waals surface area contributed by atoms with Crippen molar-refractivity contribution in [1.29, 1.82) is 0 Å². The molecule has 2 atom stereocenters. The minimum Gasteiger partial charge on any atom is -0.497 e. The Kier molecular flexibility index (Phi) is 6.84. The number of aryl methyl sites for hydroxylation is 1. The number of aromatic nitrogens is 1. The first kappa shape index (κ1) is 20.1. The molecule has 3 N–H and O–H groups in total. The molecule has 28 heavy (non-hydrogen) atoms. The lowest BCUT2D eigenvalue weighted by molar-refractivity contribution is 0.00786. The lowest BCUT2D eigenvalue weighted by Crippen LogP contribution is -2.47. The molecule has 3 rings (SSSR count). The highest BCUT2D eigenvalue weighted by molar-refractivity contribution is 5.94. The SMILES string of the molecule is COc1ccc(CCCNC(=O)c2ccc(N3CC[C@H](O)[C@@H](O)C3)nc2)cc1. The number of carbonyl (C=O) groups excluding carboxylic acids is 1. The van der Waals surface area contributed by atoms with Gasteiger partial charge in [0.25, 0.3) is 5.91 Å². The number of nitrogens with zero attached hydrogens (tertiary/aromatic N) is 2. The molecule has 0 bridgehead atoms. The van der Waals surface area contributed by atoms with Gasteiger partial charge in [0.05, 0.1) is 24.9 Å². The number of aliphatic hydroxyl groups is 2. The van der Waals surface area contributed by atoms with Gasteiger partial charge in [-0.05, 0) is 49.1 Å². The first-order valence-corrected chi connectivity index (χ1v) is 9.55. The predicted molar refractivity (Wildman–Crippen MR) is 107 cm³/mol. The van der Waals surface area contributed by atoms with Crippen LogP contribution in [0.15, 0.2) is 42.6 Å². The van der Waals surface area contributed by atoms with Gasteiger partial charge in [-0.2, -0.15) is 0 Å². The Labute approximate surface area is 165 Å². The maximum Gasteiger partial charge on any atom is 0.252 e. The Morgan fingerprint density at radius 1 is 1.21 bits per heavy atom. The van der Waals surface area contributed by atoms with Crippen LogP contribution in [0.1, 0.15) is 28.8 Å². The summed E-state index contributed by atoms with van der Waals surface area (Å²) in [6, 6.07) is 11.4. The number of nitrogens with one attached hydrogen (secondary N) is 1.